The van der Waals surface area contributed by atoms with E-state index in [0.717, 1.165) is 38.8 Å². The summed E-state index contributed by atoms with van der Waals surface area (Å²) in [5.41, 5.74) is 1.17. The number of hydrogen-bond donors (Lipinski definition) is 3. The Hall–Kier alpha value is -2.67. The lowest BCUT2D eigenvalue weighted by Crippen LogP contribution is -2.50. The van der Waals surface area contributed by atoms with Crippen LogP contribution in [0.25, 0.3) is 0 Å². The van der Waals surface area contributed by atoms with Gasteiger partial charge in [0, 0.05) is 25.6 Å². The van der Waals surface area contributed by atoms with Gasteiger partial charge in [0.2, 0.25) is 5.91 Å². The fourth-order valence-electron chi connectivity index (χ4n) is 5.48. The molecule has 0 aliphatic carbocycles. The van der Waals surface area contributed by atoms with Crippen molar-refractivity contribution in [3.63, 3.8) is 0 Å². The van der Waals surface area contributed by atoms with E-state index in [-0.39, 0.29) is 23.8 Å². The van der Waals surface area contributed by atoms with Crippen LogP contribution in [0.15, 0.2) is 30.3 Å². The minimum absolute atomic E-state index is 0.0835. The van der Waals surface area contributed by atoms with Crippen LogP contribution in [0.4, 0.5) is 4.79 Å². The minimum Gasteiger partial charge on any atom is -0.446 e. The summed E-state index contributed by atoms with van der Waals surface area (Å²) in [5, 5.41) is 25.5. The van der Waals surface area contributed by atoms with Crippen LogP contribution in [0.5, 0.6) is 0 Å². The van der Waals surface area contributed by atoms with Crippen LogP contribution in [0.1, 0.15) is 37.7 Å². The average molecular weight is 484 g/mol. The standard InChI is InChI=1S/C26H37N5O4/c1-30-11-8-22(9-12-30)35-26(34)31-17-19(13-18-5-3-2-4-6-18)14-23(31)25(33)29-21(16-27)15-20-7-10-28-24(20)32/h2-6,19-24,28,32H,7-15,17H2,1H3,(H,29,33). The summed E-state index contributed by atoms with van der Waals surface area (Å²) in [7, 11) is 2.05. The van der Waals surface area contributed by atoms with Crippen molar-refractivity contribution in [2.45, 2.75) is 62.9 Å². The van der Waals surface area contributed by atoms with E-state index in [9.17, 15) is 20.0 Å². The van der Waals surface area contributed by atoms with E-state index in [1.807, 2.05) is 18.2 Å². The van der Waals surface area contributed by atoms with E-state index in [1.54, 1.807) is 4.90 Å². The van der Waals surface area contributed by atoms with E-state index in [2.05, 4.69) is 40.8 Å². The molecule has 0 radical (unpaired) electrons. The zero-order chi connectivity index (χ0) is 24.8. The fraction of sp³-hybridized carbons (Fsp3) is 0.654. The van der Waals surface area contributed by atoms with Crippen LogP contribution in [0.3, 0.4) is 0 Å². The van der Waals surface area contributed by atoms with Gasteiger partial charge in [0.1, 0.15) is 24.4 Å². The molecule has 3 fully saturated rings. The van der Waals surface area contributed by atoms with Gasteiger partial charge in [0.25, 0.3) is 0 Å². The van der Waals surface area contributed by atoms with E-state index in [1.165, 1.54) is 5.56 Å². The summed E-state index contributed by atoms with van der Waals surface area (Å²) in [6.45, 7) is 2.90. The first kappa shape index (κ1) is 25.4. The van der Waals surface area contributed by atoms with Gasteiger partial charge in [-0.25, -0.2) is 4.79 Å². The first-order chi connectivity index (χ1) is 16.9. The molecule has 0 saturated carbocycles. The zero-order valence-corrected chi connectivity index (χ0v) is 20.4. The van der Waals surface area contributed by atoms with Crippen LogP contribution in [-0.4, -0.2) is 84.5 Å². The normalized spacial score (nSPS) is 28.4. The molecule has 4 rings (SSSR count). The summed E-state index contributed by atoms with van der Waals surface area (Å²) in [6.07, 6.45) is 2.75. The van der Waals surface area contributed by atoms with E-state index in [4.69, 9.17) is 4.74 Å². The molecular weight excluding hydrogens is 446 g/mol. The van der Waals surface area contributed by atoms with Crippen molar-refractivity contribution in [3.8, 4) is 6.07 Å². The summed E-state index contributed by atoms with van der Waals surface area (Å²) in [5.74, 6) is -0.285. The number of carbonyl (C=O) groups excluding carboxylic acids is 2. The molecule has 0 bridgehead atoms. The molecule has 2 amide bonds. The highest BCUT2D eigenvalue weighted by molar-refractivity contribution is 5.86. The van der Waals surface area contributed by atoms with Gasteiger partial charge in [-0.3, -0.25) is 15.0 Å². The van der Waals surface area contributed by atoms with E-state index in [0.29, 0.717) is 25.9 Å². The number of hydrogen-bond acceptors (Lipinski definition) is 7. The topological polar surface area (TPSA) is 118 Å². The third-order valence-electron chi connectivity index (χ3n) is 7.55. The van der Waals surface area contributed by atoms with Gasteiger partial charge in [0.15, 0.2) is 0 Å². The molecule has 1 aromatic carbocycles. The third kappa shape index (κ3) is 6.72. The predicted molar refractivity (Wildman–Crippen MR) is 130 cm³/mol. The molecule has 35 heavy (non-hydrogen) atoms. The number of carbonyl (C=O) groups is 2. The van der Waals surface area contributed by atoms with Gasteiger partial charge in [-0.2, -0.15) is 5.26 Å². The minimum atomic E-state index is -0.720. The van der Waals surface area contributed by atoms with Crippen LogP contribution < -0.4 is 10.6 Å². The summed E-state index contributed by atoms with van der Waals surface area (Å²) in [4.78, 5) is 30.3. The number of aliphatic hydroxyl groups excluding tert-OH is 1. The predicted octanol–water partition coefficient (Wildman–Crippen LogP) is 1.48. The average Bonchev–Trinajstić information content (AvgIpc) is 3.47. The van der Waals surface area contributed by atoms with Gasteiger partial charge in [-0.15, -0.1) is 0 Å². The molecule has 3 heterocycles. The lowest BCUT2D eigenvalue weighted by molar-refractivity contribution is -0.125. The molecule has 0 spiro atoms. The second-order valence-electron chi connectivity index (χ2n) is 10.2. The maximum atomic E-state index is 13.3. The van der Waals surface area contributed by atoms with Crippen molar-refractivity contribution in [2.75, 3.05) is 33.2 Å². The van der Waals surface area contributed by atoms with Gasteiger partial charge >= 0.3 is 6.09 Å². The Morgan fingerprint density at radius 3 is 2.66 bits per heavy atom. The van der Waals surface area contributed by atoms with Crippen molar-refractivity contribution in [1.82, 2.24) is 20.4 Å². The third-order valence-corrected chi connectivity index (χ3v) is 7.55. The Labute approximate surface area is 207 Å². The molecular formula is C26H37N5O4. The van der Waals surface area contributed by atoms with Gasteiger partial charge in [0.05, 0.1) is 6.07 Å². The lowest BCUT2D eigenvalue weighted by atomic mass is 9.96. The maximum Gasteiger partial charge on any atom is 0.410 e. The molecule has 3 N–H and O–H groups in total. The molecule has 9 nitrogen and oxygen atoms in total. The largest absolute Gasteiger partial charge is 0.446 e. The SMILES string of the molecule is CN1CCC(OC(=O)N2CC(Cc3ccccc3)CC2C(=O)NC(C#N)CC2CCNC2O)CC1. The Bertz CT molecular complexity index is 899. The van der Waals surface area contributed by atoms with Crippen molar-refractivity contribution in [3.05, 3.63) is 35.9 Å². The van der Waals surface area contributed by atoms with Crippen molar-refractivity contribution in [1.29, 1.82) is 5.26 Å². The van der Waals surface area contributed by atoms with Gasteiger partial charge in [-0.1, -0.05) is 30.3 Å². The van der Waals surface area contributed by atoms with Crippen LogP contribution >= 0.6 is 0 Å². The molecule has 0 aromatic heterocycles. The van der Waals surface area contributed by atoms with Gasteiger partial charge < -0.3 is 20.1 Å². The monoisotopic (exact) mass is 483 g/mol. The second kappa shape index (κ2) is 11.8. The Balaban J connectivity index is 1.42. The summed E-state index contributed by atoms with van der Waals surface area (Å²) in [6, 6.07) is 10.8. The number of nitrogens with one attached hydrogen (secondary N) is 2. The number of amides is 2. The quantitative estimate of drug-likeness (QED) is 0.538. The van der Waals surface area contributed by atoms with E-state index < -0.39 is 24.4 Å². The zero-order valence-electron chi connectivity index (χ0n) is 20.4. The van der Waals surface area contributed by atoms with Crippen LogP contribution in [0.2, 0.25) is 0 Å². The number of rotatable bonds is 7. The van der Waals surface area contributed by atoms with Crippen molar-refractivity contribution < 1.29 is 19.4 Å². The van der Waals surface area contributed by atoms with Gasteiger partial charge in [-0.05, 0) is 63.6 Å². The van der Waals surface area contributed by atoms with Crippen molar-refractivity contribution >= 4 is 12.0 Å². The highest BCUT2D eigenvalue weighted by atomic mass is 16.6. The fourth-order valence-corrected chi connectivity index (χ4v) is 5.48. The molecule has 3 aliphatic heterocycles. The molecule has 3 aliphatic rings. The van der Waals surface area contributed by atoms with Crippen molar-refractivity contribution in [2.24, 2.45) is 11.8 Å². The smallest absolute Gasteiger partial charge is 0.410 e. The summed E-state index contributed by atoms with van der Waals surface area (Å²) < 4.78 is 5.83. The highest BCUT2D eigenvalue weighted by Gasteiger charge is 2.42. The first-order valence-corrected chi connectivity index (χ1v) is 12.7. The molecule has 5 unspecified atom stereocenters. The Kier molecular flexibility index (Phi) is 8.60. The number of piperidine rings is 1. The lowest BCUT2D eigenvalue weighted by Gasteiger charge is -2.31. The molecule has 5 atom stereocenters. The number of nitrogens with zero attached hydrogens (tertiary/aromatic N) is 3. The first-order valence-electron chi connectivity index (χ1n) is 12.7. The maximum absolute atomic E-state index is 13.3. The van der Waals surface area contributed by atoms with Crippen LogP contribution in [-0.2, 0) is 16.0 Å². The number of aliphatic hydroxyl groups is 1. The number of ether oxygens (including phenoxy) is 1. The molecule has 190 valence electrons. The Morgan fingerprint density at radius 2 is 2.00 bits per heavy atom. The molecule has 9 heteroatoms. The summed E-state index contributed by atoms with van der Waals surface area (Å²) >= 11 is 0. The Morgan fingerprint density at radius 1 is 1.26 bits per heavy atom. The molecule has 3 saturated heterocycles. The number of nitriles is 1. The second-order valence-corrected chi connectivity index (χ2v) is 10.2. The highest BCUT2D eigenvalue weighted by Crippen LogP contribution is 2.29. The van der Waals surface area contributed by atoms with Crippen LogP contribution in [0, 0.1) is 23.2 Å². The number of benzene rings is 1. The number of likely N-dealkylation sites (tertiary alicyclic amines) is 2. The van der Waals surface area contributed by atoms with E-state index >= 15 is 0 Å². The molecule has 1 aromatic rings.